The molecule has 0 bridgehead atoms. The van der Waals surface area contributed by atoms with Gasteiger partial charge in [0.15, 0.2) is 0 Å². The van der Waals surface area contributed by atoms with Gasteiger partial charge in [0.1, 0.15) is 11.6 Å². The molecule has 1 N–H and O–H groups in total. The summed E-state index contributed by atoms with van der Waals surface area (Å²) in [6.07, 6.45) is 7.45. The normalized spacial score (nSPS) is 12.0. The Hall–Kier alpha value is -3.95. The standard InChI is InChI=1S/C20H17F2N7O/c1-13(11-28-12-14(9-26-28)18-4-2-16(22)10-23-18)27-20(30)17-8-15(21)3-5-19(17)29-24-6-7-25-29/h2-10,12-13H,11H2,1H3,(H,27,30)/t13-/m0/s1. The van der Waals surface area contributed by atoms with E-state index >= 15 is 0 Å². The number of nitrogens with one attached hydrogen (secondary N) is 1. The Kier molecular flexibility index (Phi) is 5.29. The van der Waals surface area contributed by atoms with Crippen LogP contribution in [0, 0.1) is 11.6 Å². The summed E-state index contributed by atoms with van der Waals surface area (Å²) in [6, 6.07) is 6.42. The van der Waals surface area contributed by atoms with Gasteiger partial charge in [0.05, 0.1) is 48.3 Å². The van der Waals surface area contributed by atoms with Gasteiger partial charge in [-0.15, -0.1) is 0 Å². The van der Waals surface area contributed by atoms with Gasteiger partial charge < -0.3 is 5.32 Å². The Morgan fingerprint density at radius 1 is 1.07 bits per heavy atom. The van der Waals surface area contributed by atoms with Crippen LogP contribution in [0.5, 0.6) is 0 Å². The molecule has 3 aromatic heterocycles. The first kappa shape index (κ1) is 19.4. The van der Waals surface area contributed by atoms with Crippen molar-refractivity contribution < 1.29 is 13.6 Å². The molecule has 0 aliphatic carbocycles. The highest BCUT2D eigenvalue weighted by molar-refractivity contribution is 5.97. The van der Waals surface area contributed by atoms with E-state index in [0.29, 0.717) is 17.9 Å². The molecule has 0 radical (unpaired) electrons. The van der Waals surface area contributed by atoms with E-state index in [0.717, 1.165) is 17.8 Å². The van der Waals surface area contributed by atoms with E-state index in [9.17, 15) is 13.6 Å². The summed E-state index contributed by atoms with van der Waals surface area (Å²) in [5, 5.41) is 15.1. The molecular formula is C20H17F2N7O. The minimum absolute atomic E-state index is 0.120. The summed E-state index contributed by atoms with van der Waals surface area (Å²) in [4.78, 5) is 18.0. The molecule has 1 aromatic carbocycles. The molecule has 0 aliphatic heterocycles. The number of aromatic nitrogens is 6. The first-order valence-electron chi connectivity index (χ1n) is 9.11. The number of rotatable bonds is 6. The summed E-state index contributed by atoms with van der Waals surface area (Å²) in [6.45, 7) is 2.18. The molecule has 4 aromatic rings. The Bertz CT molecular complexity index is 1160. The van der Waals surface area contributed by atoms with Gasteiger partial charge in [-0.05, 0) is 37.3 Å². The van der Waals surface area contributed by atoms with Gasteiger partial charge >= 0.3 is 0 Å². The molecule has 10 heteroatoms. The zero-order valence-electron chi connectivity index (χ0n) is 15.9. The maximum absolute atomic E-state index is 13.7. The van der Waals surface area contributed by atoms with Crippen LogP contribution in [0.2, 0.25) is 0 Å². The fourth-order valence-electron chi connectivity index (χ4n) is 2.97. The van der Waals surface area contributed by atoms with Crippen molar-refractivity contribution in [1.29, 1.82) is 0 Å². The maximum atomic E-state index is 13.7. The van der Waals surface area contributed by atoms with Crippen molar-refractivity contribution in [2.75, 3.05) is 0 Å². The summed E-state index contributed by atoms with van der Waals surface area (Å²) < 4.78 is 28.4. The molecule has 8 nitrogen and oxygen atoms in total. The van der Waals surface area contributed by atoms with Gasteiger partial charge in [-0.25, -0.2) is 8.78 Å². The summed E-state index contributed by atoms with van der Waals surface area (Å²) in [5.74, 6) is -1.40. The monoisotopic (exact) mass is 409 g/mol. The first-order valence-corrected chi connectivity index (χ1v) is 9.11. The smallest absolute Gasteiger partial charge is 0.253 e. The highest BCUT2D eigenvalue weighted by atomic mass is 19.1. The number of pyridine rings is 1. The Morgan fingerprint density at radius 3 is 2.57 bits per heavy atom. The zero-order valence-corrected chi connectivity index (χ0v) is 15.9. The summed E-state index contributed by atoms with van der Waals surface area (Å²) in [5.41, 5.74) is 1.81. The van der Waals surface area contributed by atoms with Crippen LogP contribution < -0.4 is 5.32 Å². The van der Waals surface area contributed by atoms with Crippen LogP contribution in [0.4, 0.5) is 8.78 Å². The molecule has 4 rings (SSSR count). The van der Waals surface area contributed by atoms with Crippen LogP contribution in [-0.4, -0.2) is 41.7 Å². The average Bonchev–Trinajstić information content (AvgIpc) is 3.41. The number of benzene rings is 1. The quantitative estimate of drug-likeness (QED) is 0.529. The SMILES string of the molecule is C[C@@H](Cn1cc(-c2ccc(F)cn2)cn1)NC(=O)c1cc(F)ccc1-n1nccn1. The largest absolute Gasteiger partial charge is 0.348 e. The lowest BCUT2D eigenvalue weighted by Gasteiger charge is -2.15. The second kappa shape index (κ2) is 8.19. The van der Waals surface area contributed by atoms with Crippen molar-refractivity contribution in [2.45, 2.75) is 19.5 Å². The van der Waals surface area contributed by atoms with Crippen molar-refractivity contribution in [3.8, 4) is 16.9 Å². The van der Waals surface area contributed by atoms with Crippen LogP contribution in [0.3, 0.4) is 0 Å². The van der Waals surface area contributed by atoms with Gasteiger partial charge in [-0.2, -0.15) is 20.1 Å². The van der Waals surface area contributed by atoms with E-state index in [1.54, 1.807) is 30.1 Å². The van der Waals surface area contributed by atoms with E-state index in [1.165, 1.54) is 35.4 Å². The molecule has 1 amide bonds. The van der Waals surface area contributed by atoms with Gasteiger partial charge in [-0.1, -0.05) is 0 Å². The third kappa shape index (κ3) is 4.22. The minimum Gasteiger partial charge on any atom is -0.348 e. The number of hydrogen-bond acceptors (Lipinski definition) is 5. The van der Waals surface area contributed by atoms with Gasteiger partial charge in [-0.3, -0.25) is 14.5 Å². The second-order valence-corrected chi connectivity index (χ2v) is 6.67. The lowest BCUT2D eigenvalue weighted by Crippen LogP contribution is -2.36. The van der Waals surface area contributed by atoms with Crippen LogP contribution in [0.25, 0.3) is 16.9 Å². The molecule has 0 saturated heterocycles. The third-order valence-electron chi connectivity index (χ3n) is 4.33. The Labute approximate surface area is 170 Å². The number of halogens is 2. The van der Waals surface area contributed by atoms with Crippen LogP contribution in [-0.2, 0) is 6.54 Å². The van der Waals surface area contributed by atoms with E-state index in [2.05, 4.69) is 25.6 Å². The lowest BCUT2D eigenvalue weighted by molar-refractivity contribution is 0.0935. The first-order chi connectivity index (χ1) is 14.5. The molecule has 0 unspecified atom stereocenters. The number of nitrogens with zero attached hydrogens (tertiary/aromatic N) is 6. The van der Waals surface area contributed by atoms with E-state index in [-0.39, 0.29) is 11.6 Å². The van der Waals surface area contributed by atoms with E-state index in [1.807, 2.05) is 0 Å². The predicted molar refractivity (Wildman–Crippen MR) is 104 cm³/mol. The molecule has 0 saturated carbocycles. The third-order valence-corrected chi connectivity index (χ3v) is 4.33. The predicted octanol–water partition coefficient (Wildman–Crippen LogP) is 2.62. The Balaban J connectivity index is 1.46. The topological polar surface area (TPSA) is 90.5 Å². The maximum Gasteiger partial charge on any atom is 0.253 e. The molecule has 1 atom stereocenters. The van der Waals surface area contributed by atoms with Crippen molar-refractivity contribution in [2.24, 2.45) is 0 Å². The van der Waals surface area contributed by atoms with Gasteiger partial charge in [0.2, 0.25) is 0 Å². The fraction of sp³-hybridized carbons (Fsp3) is 0.150. The molecule has 152 valence electrons. The molecule has 0 aliphatic rings. The van der Waals surface area contributed by atoms with Gasteiger partial charge in [0, 0.05) is 17.8 Å². The molecule has 3 heterocycles. The summed E-state index contributed by atoms with van der Waals surface area (Å²) >= 11 is 0. The van der Waals surface area contributed by atoms with Crippen LogP contribution in [0.1, 0.15) is 17.3 Å². The number of carbonyl (C=O) groups is 1. The molecular weight excluding hydrogens is 392 g/mol. The van der Waals surface area contributed by atoms with E-state index < -0.39 is 17.5 Å². The van der Waals surface area contributed by atoms with Crippen molar-refractivity contribution >= 4 is 5.91 Å². The minimum atomic E-state index is -0.535. The zero-order chi connectivity index (χ0) is 21.1. The highest BCUT2D eigenvalue weighted by Gasteiger charge is 2.18. The molecule has 0 fully saturated rings. The number of hydrogen-bond donors (Lipinski definition) is 1. The van der Waals surface area contributed by atoms with Crippen LogP contribution >= 0.6 is 0 Å². The van der Waals surface area contributed by atoms with E-state index in [4.69, 9.17) is 0 Å². The average molecular weight is 409 g/mol. The van der Waals surface area contributed by atoms with Crippen LogP contribution in [0.15, 0.2) is 61.3 Å². The van der Waals surface area contributed by atoms with Crippen molar-refractivity contribution in [3.63, 3.8) is 0 Å². The van der Waals surface area contributed by atoms with Gasteiger partial charge in [0.25, 0.3) is 5.91 Å². The number of amides is 1. The number of carbonyl (C=O) groups excluding carboxylic acids is 1. The highest BCUT2D eigenvalue weighted by Crippen LogP contribution is 2.17. The lowest BCUT2D eigenvalue weighted by atomic mass is 10.1. The second-order valence-electron chi connectivity index (χ2n) is 6.67. The molecule has 0 spiro atoms. The summed E-state index contributed by atoms with van der Waals surface area (Å²) in [7, 11) is 0. The van der Waals surface area contributed by atoms with Crippen molar-refractivity contribution in [3.05, 3.63) is 78.5 Å². The molecule has 30 heavy (non-hydrogen) atoms. The van der Waals surface area contributed by atoms with Crippen molar-refractivity contribution in [1.82, 2.24) is 35.1 Å². The Morgan fingerprint density at radius 2 is 1.83 bits per heavy atom. The fourth-order valence-corrected chi connectivity index (χ4v) is 2.97.